The minimum atomic E-state index is -1.26. The predicted octanol–water partition coefficient (Wildman–Crippen LogP) is -0.291. The van der Waals surface area contributed by atoms with Crippen molar-refractivity contribution in [3.63, 3.8) is 0 Å². The maximum Gasteiger partial charge on any atom is 0.328 e. The van der Waals surface area contributed by atoms with Gasteiger partial charge in [-0.25, -0.2) is 9.59 Å². The predicted molar refractivity (Wildman–Crippen MR) is 24.4 cm³/mol. The maximum absolute atomic E-state index is 9.55. The van der Waals surface area contributed by atoms with Crippen molar-refractivity contribution < 1.29 is 40.9 Å². The summed E-state index contributed by atoms with van der Waals surface area (Å²) in [7, 11) is 0. The Morgan fingerprint density at radius 3 is 1.33 bits per heavy atom. The zero-order valence-electron chi connectivity index (χ0n) is 4.18. The first-order valence-corrected chi connectivity index (χ1v) is 1.77. The Balaban J connectivity index is 0. The SMILES string of the molecule is O=C(O)/C=C/C(=O)O.[Pt]. The third-order valence-corrected chi connectivity index (χ3v) is 0.368. The second kappa shape index (κ2) is 5.50. The first-order chi connectivity index (χ1) is 3.63. The number of aliphatic carboxylic acids is 2. The minimum Gasteiger partial charge on any atom is -0.478 e. The second-order valence-corrected chi connectivity index (χ2v) is 1.01. The summed E-state index contributed by atoms with van der Waals surface area (Å²) in [5.41, 5.74) is 0. The molecule has 2 N–H and O–H groups in total. The second-order valence-electron chi connectivity index (χ2n) is 1.01. The Morgan fingerprint density at radius 2 is 1.22 bits per heavy atom. The van der Waals surface area contributed by atoms with Gasteiger partial charge in [0.05, 0.1) is 0 Å². The molecule has 0 aromatic heterocycles. The molecule has 0 unspecified atom stereocenters. The van der Waals surface area contributed by atoms with Gasteiger partial charge < -0.3 is 10.2 Å². The van der Waals surface area contributed by atoms with E-state index in [1.54, 1.807) is 0 Å². The van der Waals surface area contributed by atoms with E-state index in [9.17, 15) is 9.59 Å². The first-order valence-electron chi connectivity index (χ1n) is 1.77. The van der Waals surface area contributed by atoms with Gasteiger partial charge in [0, 0.05) is 33.2 Å². The van der Waals surface area contributed by atoms with E-state index in [0.29, 0.717) is 12.2 Å². The van der Waals surface area contributed by atoms with E-state index in [1.165, 1.54) is 0 Å². The largest absolute Gasteiger partial charge is 0.478 e. The maximum atomic E-state index is 9.55. The van der Waals surface area contributed by atoms with Crippen LogP contribution in [0.5, 0.6) is 0 Å². The summed E-state index contributed by atoms with van der Waals surface area (Å²) in [5, 5.41) is 15.6. The van der Waals surface area contributed by atoms with Gasteiger partial charge in [0.25, 0.3) is 0 Å². The fourth-order valence-corrected chi connectivity index (χ4v) is 0.143. The first kappa shape index (κ1) is 11.2. The molecular formula is C4H4O4Pt. The van der Waals surface area contributed by atoms with E-state index in [1.807, 2.05) is 0 Å². The number of hydrogen-bond acceptors (Lipinski definition) is 2. The fraction of sp³-hybridized carbons (Fsp3) is 0. The van der Waals surface area contributed by atoms with Crippen molar-refractivity contribution in [1.82, 2.24) is 0 Å². The summed E-state index contributed by atoms with van der Waals surface area (Å²) in [6, 6.07) is 0. The molecule has 0 radical (unpaired) electrons. The molecule has 0 heterocycles. The summed E-state index contributed by atoms with van der Waals surface area (Å²) >= 11 is 0. The molecule has 0 aromatic carbocycles. The van der Waals surface area contributed by atoms with Crippen LogP contribution in [0.1, 0.15) is 0 Å². The molecule has 0 bridgehead atoms. The van der Waals surface area contributed by atoms with Crippen molar-refractivity contribution in [2.24, 2.45) is 0 Å². The number of carbonyl (C=O) groups is 2. The van der Waals surface area contributed by atoms with Gasteiger partial charge in [-0.05, 0) is 0 Å². The van der Waals surface area contributed by atoms with E-state index < -0.39 is 11.9 Å². The molecule has 54 valence electrons. The smallest absolute Gasteiger partial charge is 0.328 e. The van der Waals surface area contributed by atoms with Gasteiger partial charge in [-0.3, -0.25) is 0 Å². The van der Waals surface area contributed by atoms with Crippen molar-refractivity contribution in [3.8, 4) is 0 Å². The van der Waals surface area contributed by atoms with Crippen LogP contribution in [0.4, 0.5) is 0 Å². The average Bonchev–Trinajstić information content (AvgIpc) is 1.61. The standard InChI is InChI=1S/C4H4O4.Pt/c5-3(6)1-2-4(7)8;/h1-2H,(H,5,6)(H,7,8);/b2-1+;. The van der Waals surface area contributed by atoms with Crippen molar-refractivity contribution >= 4 is 11.9 Å². The molecule has 9 heavy (non-hydrogen) atoms. The van der Waals surface area contributed by atoms with Crippen LogP contribution in [0.2, 0.25) is 0 Å². The normalized spacial score (nSPS) is 8.44. The summed E-state index contributed by atoms with van der Waals surface area (Å²) in [6.07, 6.45) is 1.12. The molecule has 0 aromatic rings. The van der Waals surface area contributed by atoms with Gasteiger partial charge in [-0.15, -0.1) is 0 Å². The van der Waals surface area contributed by atoms with Crippen molar-refractivity contribution in [2.75, 3.05) is 0 Å². The monoisotopic (exact) mass is 311 g/mol. The molecule has 0 saturated carbocycles. The molecule has 0 fully saturated rings. The third kappa shape index (κ3) is 11.1. The Hall–Kier alpha value is -0.632. The molecule has 0 atom stereocenters. The van der Waals surface area contributed by atoms with E-state index >= 15 is 0 Å². The van der Waals surface area contributed by atoms with Crippen LogP contribution in [0.25, 0.3) is 0 Å². The van der Waals surface area contributed by atoms with Crippen molar-refractivity contribution in [3.05, 3.63) is 12.2 Å². The topological polar surface area (TPSA) is 74.6 Å². The van der Waals surface area contributed by atoms with Gasteiger partial charge in [-0.1, -0.05) is 0 Å². The van der Waals surface area contributed by atoms with Gasteiger partial charge in [0.2, 0.25) is 0 Å². The molecule has 0 aliphatic carbocycles. The van der Waals surface area contributed by atoms with Crippen LogP contribution >= 0.6 is 0 Å². The van der Waals surface area contributed by atoms with Crippen molar-refractivity contribution in [2.45, 2.75) is 0 Å². The van der Waals surface area contributed by atoms with Crippen LogP contribution < -0.4 is 0 Å². The van der Waals surface area contributed by atoms with Gasteiger partial charge in [-0.2, -0.15) is 0 Å². The summed E-state index contributed by atoms with van der Waals surface area (Å²) in [6.45, 7) is 0. The van der Waals surface area contributed by atoms with Crippen LogP contribution in [0.15, 0.2) is 12.2 Å². The average molecular weight is 311 g/mol. The summed E-state index contributed by atoms with van der Waals surface area (Å²) in [4.78, 5) is 19.1. The number of carboxylic acids is 2. The molecule has 0 spiro atoms. The van der Waals surface area contributed by atoms with Crippen molar-refractivity contribution in [1.29, 1.82) is 0 Å². The van der Waals surface area contributed by atoms with Gasteiger partial charge in [0.15, 0.2) is 0 Å². The Labute approximate surface area is 65.4 Å². The van der Waals surface area contributed by atoms with Gasteiger partial charge in [0.1, 0.15) is 0 Å². The van der Waals surface area contributed by atoms with Crippen LogP contribution in [-0.4, -0.2) is 22.2 Å². The molecule has 0 aliphatic rings. The number of rotatable bonds is 2. The Bertz CT molecular complexity index is 124. The summed E-state index contributed by atoms with van der Waals surface area (Å²) in [5.74, 6) is -2.51. The van der Waals surface area contributed by atoms with Crippen LogP contribution in [0, 0.1) is 0 Å². The molecule has 0 aliphatic heterocycles. The molecule has 5 heteroatoms. The Morgan fingerprint density at radius 1 is 1.00 bits per heavy atom. The van der Waals surface area contributed by atoms with Gasteiger partial charge >= 0.3 is 11.9 Å². The minimum absolute atomic E-state index is 0. The van der Waals surface area contributed by atoms with E-state index in [4.69, 9.17) is 10.2 Å². The van der Waals surface area contributed by atoms with Crippen LogP contribution in [0.3, 0.4) is 0 Å². The third-order valence-electron chi connectivity index (χ3n) is 0.368. The quantitative estimate of drug-likeness (QED) is 0.687. The van der Waals surface area contributed by atoms with E-state index in [0.717, 1.165) is 0 Å². The summed E-state index contributed by atoms with van der Waals surface area (Å²) < 4.78 is 0. The van der Waals surface area contributed by atoms with Crippen LogP contribution in [-0.2, 0) is 30.7 Å². The zero-order chi connectivity index (χ0) is 6.57. The molecule has 0 amide bonds. The molecule has 0 saturated heterocycles. The molecule has 4 nitrogen and oxygen atoms in total. The molecule has 0 rings (SSSR count). The Kier molecular flexibility index (Phi) is 6.85. The number of hydrogen-bond donors (Lipinski definition) is 2. The fourth-order valence-electron chi connectivity index (χ4n) is 0.143. The zero-order valence-corrected chi connectivity index (χ0v) is 6.45. The van der Waals surface area contributed by atoms with E-state index in [2.05, 4.69) is 0 Å². The van der Waals surface area contributed by atoms with E-state index in [-0.39, 0.29) is 21.1 Å². The number of carboxylic acid groups (broad SMARTS) is 2. The molecular weight excluding hydrogens is 307 g/mol.